The lowest BCUT2D eigenvalue weighted by Crippen LogP contribution is -2.17. The zero-order valence-corrected chi connectivity index (χ0v) is 15.1. The van der Waals surface area contributed by atoms with Crippen LogP contribution in [-0.4, -0.2) is 29.2 Å². The molecule has 0 bridgehead atoms. The molecule has 1 aliphatic carbocycles. The van der Waals surface area contributed by atoms with E-state index in [2.05, 4.69) is 22.4 Å². The molecule has 1 fully saturated rings. The number of carboxylic acid groups (broad SMARTS) is 1. The van der Waals surface area contributed by atoms with Gasteiger partial charge in [0.25, 0.3) is 0 Å². The van der Waals surface area contributed by atoms with Crippen LogP contribution < -0.4 is 10.1 Å². The van der Waals surface area contributed by atoms with Gasteiger partial charge in [0.1, 0.15) is 5.75 Å². The number of rotatable bonds is 10. The number of nitrogens with zero attached hydrogens (tertiary/aromatic N) is 1. The van der Waals surface area contributed by atoms with E-state index >= 15 is 0 Å². The Labute approximate surface area is 154 Å². The summed E-state index contributed by atoms with van der Waals surface area (Å²) in [5.74, 6) is 0.495. The summed E-state index contributed by atoms with van der Waals surface area (Å²) in [6.07, 6.45) is 3.91. The number of aromatic nitrogens is 1. The maximum absolute atomic E-state index is 10.9. The third-order valence-corrected chi connectivity index (χ3v) is 4.99. The quantitative estimate of drug-likeness (QED) is 0.638. The Bertz CT molecular complexity index is 718. The lowest BCUT2D eigenvalue weighted by molar-refractivity contribution is -0.138. The summed E-state index contributed by atoms with van der Waals surface area (Å²) in [4.78, 5) is 15.2. The Morgan fingerprint density at radius 1 is 1.31 bits per heavy atom. The second-order valence-corrected chi connectivity index (χ2v) is 7.25. The lowest BCUT2D eigenvalue weighted by atomic mass is 9.98. The maximum Gasteiger partial charge on any atom is 0.303 e. The number of nitrogens with one attached hydrogen (secondary N) is 1. The Hall–Kier alpha value is -2.40. The number of carbonyl (C=O) groups is 1. The molecular weight excluding hydrogens is 328 g/mol. The van der Waals surface area contributed by atoms with Gasteiger partial charge in [-0.2, -0.15) is 0 Å². The van der Waals surface area contributed by atoms with Gasteiger partial charge in [-0.1, -0.05) is 25.1 Å². The van der Waals surface area contributed by atoms with E-state index in [4.69, 9.17) is 9.84 Å². The topological polar surface area (TPSA) is 71.5 Å². The van der Waals surface area contributed by atoms with Crippen LogP contribution in [0.3, 0.4) is 0 Å². The average molecular weight is 354 g/mol. The van der Waals surface area contributed by atoms with Crippen molar-refractivity contribution in [2.75, 3.05) is 13.2 Å². The van der Waals surface area contributed by atoms with Gasteiger partial charge >= 0.3 is 5.97 Å². The number of ether oxygens (including phenoxy) is 1. The SMILES string of the molecule is CC1(CC(=O)O)CC1c1ccc(OCCCNCc2ccccn2)cc1. The first-order chi connectivity index (χ1) is 12.6. The fourth-order valence-corrected chi connectivity index (χ4v) is 3.37. The summed E-state index contributed by atoms with van der Waals surface area (Å²) in [6.45, 7) is 4.36. The van der Waals surface area contributed by atoms with E-state index in [9.17, 15) is 4.79 Å². The van der Waals surface area contributed by atoms with Crippen LogP contribution in [0.2, 0.25) is 0 Å². The molecule has 2 aromatic rings. The summed E-state index contributed by atoms with van der Waals surface area (Å²) in [5, 5.41) is 12.3. The zero-order chi connectivity index (χ0) is 18.4. The van der Waals surface area contributed by atoms with E-state index in [0.29, 0.717) is 12.5 Å². The van der Waals surface area contributed by atoms with Crippen molar-refractivity contribution >= 4 is 5.97 Å². The molecule has 0 spiro atoms. The Morgan fingerprint density at radius 3 is 2.81 bits per heavy atom. The molecular formula is C21H26N2O3. The molecule has 138 valence electrons. The van der Waals surface area contributed by atoms with Crippen molar-refractivity contribution in [1.82, 2.24) is 10.3 Å². The Balaban J connectivity index is 1.34. The normalized spacial score (nSPS) is 21.3. The minimum Gasteiger partial charge on any atom is -0.494 e. The van der Waals surface area contributed by atoms with Gasteiger partial charge in [0.2, 0.25) is 0 Å². The molecule has 5 nitrogen and oxygen atoms in total. The molecule has 2 atom stereocenters. The van der Waals surface area contributed by atoms with E-state index < -0.39 is 5.97 Å². The summed E-state index contributed by atoms with van der Waals surface area (Å²) in [6, 6.07) is 14.0. The highest BCUT2D eigenvalue weighted by Gasteiger charge is 2.51. The number of benzene rings is 1. The van der Waals surface area contributed by atoms with Gasteiger partial charge in [-0.15, -0.1) is 0 Å². The van der Waals surface area contributed by atoms with Crippen LogP contribution in [0.5, 0.6) is 5.75 Å². The van der Waals surface area contributed by atoms with Crippen LogP contribution in [0.15, 0.2) is 48.7 Å². The predicted molar refractivity (Wildman–Crippen MR) is 100 cm³/mol. The summed E-state index contributed by atoms with van der Waals surface area (Å²) in [5.41, 5.74) is 2.16. The van der Waals surface area contributed by atoms with Crippen molar-refractivity contribution in [3.8, 4) is 5.75 Å². The molecule has 0 saturated heterocycles. The molecule has 0 amide bonds. The predicted octanol–water partition coefficient (Wildman–Crippen LogP) is 3.61. The van der Waals surface area contributed by atoms with Gasteiger partial charge < -0.3 is 15.2 Å². The second-order valence-electron chi connectivity index (χ2n) is 7.25. The van der Waals surface area contributed by atoms with Crippen molar-refractivity contribution in [1.29, 1.82) is 0 Å². The Morgan fingerprint density at radius 2 is 2.12 bits per heavy atom. The molecule has 1 aromatic heterocycles. The maximum atomic E-state index is 10.9. The third kappa shape index (κ3) is 5.05. The highest BCUT2D eigenvalue weighted by atomic mass is 16.5. The summed E-state index contributed by atoms with van der Waals surface area (Å²) >= 11 is 0. The van der Waals surface area contributed by atoms with Gasteiger partial charge in [-0.25, -0.2) is 0 Å². The molecule has 0 radical (unpaired) electrons. The monoisotopic (exact) mass is 354 g/mol. The summed E-state index contributed by atoms with van der Waals surface area (Å²) < 4.78 is 5.78. The number of carboxylic acids is 1. The van der Waals surface area contributed by atoms with E-state index in [1.54, 1.807) is 6.20 Å². The molecule has 26 heavy (non-hydrogen) atoms. The van der Waals surface area contributed by atoms with Gasteiger partial charge in [0.15, 0.2) is 0 Å². The van der Waals surface area contributed by atoms with Gasteiger partial charge in [0.05, 0.1) is 18.7 Å². The molecule has 2 N–H and O–H groups in total. The first kappa shape index (κ1) is 18.4. The molecule has 1 aromatic carbocycles. The second kappa shape index (κ2) is 8.32. The fourth-order valence-electron chi connectivity index (χ4n) is 3.37. The lowest BCUT2D eigenvalue weighted by Gasteiger charge is -2.10. The highest BCUT2D eigenvalue weighted by Crippen LogP contribution is 2.61. The van der Waals surface area contributed by atoms with Crippen LogP contribution in [0, 0.1) is 5.41 Å². The van der Waals surface area contributed by atoms with Crippen LogP contribution in [0.4, 0.5) is 0 Å². The van der Waals surface area contributed by atoms with Crippen molar-refractivity contribution in [3.63, 3.8) is 0 Å². The minimum absolute atomic E-state index is 0.0898. The van der Waals surface area contributed by atoms with E-state index in [1.165, 1.54) is 5.56 Å². The highest BCUT2D eigenvalue weighted by molar-refractivity contribution is 5.68. The van der Waals surface area contributed by atoms with E-state index in [1.807, 2.05) is 37.3 Å². The van der Waals surface area contributed by atoms with Gasteiger partial charge in [-0.05, 0) is 60.5 Å². The molecule has 2 unspecified atom stereocenters. The molecule has 3 rings (SSSR count). The van der Waals surface area contributed by atoms with Crippen LogP contribution in [0.1, 0.15) is 43.4 Å². The van der Waals surface area contributed by atoms with Crippen molar-refractivity contribution < 1.29 is 14.6 Å². The molecule has 1 aliphatic rings. The summed E-state index contributed by atoms with van der Waals surface area (Å²) in [7, 11) is 0. The standard InChI is InChI=1S/C21H26N2O3/c1-21(14-20(24)25)13-19(21)16-6-8-18(9-7-16)26-12-4-10-22-15-17-5-2-3-11-23-17/h2-3,5-9,11,19,22H,4,10,12-15H2,1H3,(H,24,25). The van der Waals surface area contributed by atoms with Crippen LogP contribution >= 0.6 is 0 Å². The number of hydrogen-bond donors (Lipinski definition) is 2. The average Bonchev–Trinajstić information content (AvgIpc) is 3.29. The van der Waals surface area contributed by atoms with Gasteiger partial charge in [-0.3, -0.25) is 9.78 Å². The fraction of sp³-hybridized carbons (Fsp3) is 0.429. The van der Waals surface area contributed by atoms with Crippen molar-refractivity contribution in [2.45, 2.75) is 38.6 Å². The van der Waals surface area contributed by atoms with Gasteiger partial charge in [0, 0.05) is 12.7 Å². The number of pyridine rings is 1. The molecule has 5 heteroatoms. The molecule has 1 saturated carbocycles. The minimum atomic E-state index is -0.716. The zero-order valence-electron chi connectivity index (χ0n) is 15.1. The number of hydrogen-bond acceptors (Lipinski definition) is 4. The third-order valence-electron chi connectivity index (χ3n) is 4.99. The largest absolute Gasteiger partial charge is 0.494 e. The van der Waals surface area contributed by atoms with Crippen molar-refractivity contribution in [2.24, 2.45) is 5.41 Å². The Kier molecular flexibility index (Phi) is 5.89. The molecule has 0 aliphatic heterocycles. The van der Waals surface area contributed by atoms with Crippen LogP contribution in [0.25, 0.3) is 0 Å². The smallest absolute Gasteiger partial charge is 0.303 e. The van der Waals surface area contributed by atoms with E-state index in [-0.39, 0.29) is 11.8 Å². The van der Waals surface area contributed by atoms with Crippen LogP contribution in [-0.2, 0) is 11.3 Å². The molecule has 1 heterocycles. The first-order valence-corrected chi connectivity index (χ1v) is 9.12. The number of aliphatic carboxylic acids is 1. The van der Waals surface area contributed by atoms with E-state index in [0.717, 1.165) is 37.4 Å². The first-order valence-electron chi connectivity index (χ1n) is 9.12. The van der Waals surface area contributed by atoms with Crippen molar-refractivity contribution in [3.05, 3.63) is 59.9 Å².